The molecule has 52 heavy (non-hydrogen) atoms. The van der Waals surface area contributed by atoms with Crippen LogP contribution in [0.2, 0.25) is 0 Å². The Morgan fingerprint density at radius 3 is 1.52 bits per heavy atom. The number of benzene rings is 3. The number of esters is 3. The molecule has 2 saturated heterocycles. The van der Waals surface area contributed by atoms with Crippen LogP contribution in [0.4, 0.5) is 0 Å². The molecule has 2 fully saturated rings. The van der Waals surface area contributed by atoms with Crippen LogP contribution >= 0.6 is 0 Å². The lowest BCUT2D eigenvalue weighted by molar-refractivity contribution is -0.369. The van der Waals surface area contributed by atoms with Crippen molar-refractivity contribution in [2.75, 3.05) is 6.61 Å². The molecule has 0 aliphatic carbocycles. The van der Waals surface area contributed by atoms with Gasteiger partial charge < -0.3 is 47.7 Å². The van der Waals surface area contributed by atoms with E-state index in [1.807, 2.05) is 97.9 Å². The predicted molar refractivity (Wildman–Crippen MR) is 183 cm³/mol. The van der Waals surface area contributed by atoms with Crippen molar-refractivity contribution < 1.29 is 62.1 Å². The number of ether oxygens (including phenoxy) is 9. The van der Waals surface area contributed by atoms with Gasteiger partial charge in [-0.1, -0.05) is 91.0 Å². The van der Waals surface area contributed by atoms with Crippen molar-refractivity contribution in [3.8, 4) is 0 Å². The molecule has 0 radical (unpaired) electrons. The van der Waals surface area contributed by atoms with E-state index in [9.17, 15) is 19.5 Å². The topological polar surface area (TPSA) is 155 Å². The summed E-state index contributed by atoms with van der Waals surface area (Å²) in [6.07, 6.45) is -11.4. The highest BCUT2D eigenvalue weighted by atomic mass is 16.8. The molecule has 0 saturated carbocycles. The van der Waals surface area contributed by atoms with Crippen LogP contribution in [0.15, 0.2) is 91.0 Å². The van der Waals surface area contributed by atoms with Crippen molar-refractivity contribution in [1.82, 2.24) is 0 Å². The number of aliphatic hydroxyl groups excluding tert-OH is 1. The minimum absolute atomic E-state index is 0.136. The zero-order valence-electron chi connectivity index (χ0n) is 29.6. The first-order valence-electron chi connectivity index (χ1n) is 17.2. The van der Waals surface area contributed by atoms with Crippen LogP contribution in [0.25, 0.3) is 0 Å². The molecule has 2 aliphatic rings. The molecule has 13 nitrogen and oxygen atoms in total. The van der Waals surface area contributed by atoms with Gasteiger partial charge in [0.25, 0.3) is 0 Å². The molecule has 0 aromatic heterocycles. The third-order valence-electron chi connectivity index (χ3n) is 8.54. The van der Waals surface area contributed by atoms with Gasteiger partial charge >= 0.3 is 17.9 Å². The summed E-state index contributed by atoms with van der Waals surface area (Å²) in [7, 11) is 0. The molecular formula is C39H46O13. The van der Waals surface area contributed by atoms with E-state index in [1.165, 1.54) is 6.92 Å². The van der Waals surface area contributed by atoms with E-state index >= 15 is 0 Å². The van der Waals surface area contributed by atoms with E-state index in [-0.39, 0.29) is 19.8 Å². The predicted octanol–water partition coefficient (Wildman–Crippen LogP) is 4.02. The summed E-state index contributed by atoms with van der Waals surface area (Å²) >= 11 is 0. The first kappa shape index (κ1) is 39.0. The zero-order chi connectivity index (χ0) is 37.0. The molecule has 2 heterocycles. The number of carbonyl (C=O) groups is 3. The summed E-state index contributed by atoms with van der Waals surface area (Å²) in [5, 5.41) is 11.3. The number of hydrogen-bond acceptors (Lipinski definition) is 13. The summed E-state index contributed by atoms with van der Waals surface area (Å²) < 4.78 is 54.6. The van der Waals surface area contributed by atoms with Gasteiger partial charge in [-0.3, -0.25) is 14.4 Å². The van der Waals surface area contributed by atoms with Crippen molar-refractivity contribution in [2.45, 2.75) is 109 Å². The van der Waals surface area contributed by atoms with Gasteiger partial charge in [-0.05, 0) is 23.6 Å². The molecule has 0 spiro atoms. The van der Waals surface area contributed by atoms with E-state index in [2.05, 4.69) is 0 Å². The fourth-order valence-corrected chi connectivity index (χ4v) is 6.17. The SMILES string of the molecule is CC(=O)OCC1OC(O)C(OC2OC(C)C(OCc3ccccc3)C(OCc3ccccc3)C2OCc2ccccc2)C(OC(C)=O)C1OC(C)=O. The van der Waals surface area contributed by atoms with Crippen LogP contribution in [0.1, 0.15) is 44.4 Å². The second kappa shape index (κ2) is 19.0. The Bertz CT molecular complexity index is 1560. The van der Waals surface area contributed by atoms with Crippen molar-refractivity contribution in [1.29, 1.82) is 0 Å². The van der Waals surface area contributed by atoms with Crippen molar-refractivity contribution in [2.24, 2.45) is 0 Å². The lowest BCUT2D eigenvalue weighted by Crippen LogP contribution is -2.65. The zero-order valence-corrected chi connectivity index (χ0v) is 29.6. The van der Waals surface area contributed by atoms with Crippen LogP contribution < -0.4 is 0 Å². The number of aliphatic hydroxyl groups is 1. The molecule has 2 aliphatic heterocycles. The van der Waals surface area contributed by atoms with Gasteiger partial charge in [0.15, 0.2) is 30.9 Å². The average Bonchev–Trinajstić information content (AvgIpc) is 3.12. The largest absolute Gasteiger partial charge is 0.463 e. The van der Waals surface area contributed by atoms with Crippen molar-refractivity contribution >= 4 is 17.9 Å². The Balaban J connectivity index is 1.48. The molecule has 0 bridgehead atoms. The van der Waals surface area contributed by atoms with Gasteiger partial charge in [-0.25, -0.2) is 0 Å². The lowest BCUT2D eigenvalue weighted by atomic mass is 9.96. The third-order valence-corrected chi connectivity index (χ3v) is 8.54. The van der Waals surface area contributed by atoms with E-state index < -0.39 is 85.9 Å². The standard InChI is InChI=1S/C39H46O13/c1-24-32(45-20-28-14-8-5-9-15-28)34(46-21-29-16-10-6-11-17-29)37(47-22-30-18-12-7-13-19-30)39(48-24)52-36-35(50-27(4)42)33(49-26(3)41)31(51-38(36)43)23-44-25(2)40/h5-19,24,31-39,43H,20-23H2,1-4H3. The summed E-state index contributed by atoms with van der Waals surface area (Å²) in [5.41, 5.74) is 2.73. The van der Waals surface area contributed by atoms with E-state index in [1.54, 1.807) is 0 Å². The van der Waals surface area contributed by atoms with Gasteiger partial charge in [-0.2, -0.15) is 0 Å². The highest BCUT2D eigenvalue weighted by Crippen LogP contribution is 2.35. The highest BCUT2D eigenvalue weighted by molar-refractivity contribution is 5.68. The summed E-state index contributed by atoms with van der Waals surface area (Å²) in [6, 6.07) is 28.8. The maximum atomic E-state index is 12.4. The van der Waals surface area contributed by atoms with Gasteiger partial charge in [0.2, 0.25) is 0 Å². The molecule has 5 rings (SSSR count). The first-order chi connectivity index (χ1) is 25.1. The summed E-state index contributed by atoms with van der Waals surface area (Å²) in [5.74, 6) is -2.10. The minimum Gasteiger partial charge on any atom is -0.463 e. The van der Waals surface area contributed by atoms with Crippen LogP contribution in [0, 0.1) is 0 Å². The summed E-state index contributed by atoms with van der Waals surface area (Å²) in [4.78, 5) is 36.3. The monoisotopic (exact) mass is 722 g/mol. The normalized spacial score (nSPS) is 28.8. The Labute approximate surface area is 302 Å². The molecular weight excluding hydrogens is 676 g/mol. The highest BCUT2D eigenvalue weighted by Gasteiger charge is 2.55. The quantitative estimate of drug-likeness (QED) is 0.178. The molecule has 3 aromatic carbocycles. The number of rotatable bonds is 15. The number of hydrogen-bond donors (Lipinski definition) is 1. The molecule has 10 atom stereocenters. The Hall–Kier alpha value is -4.21. The molecule has 10 unspecified atom stereocenters. The first-order valence-corrected chi connectivity index (χ1v) is 17.2. The van der Waals surface area contributed by atoms with Crippen molar-refractivity contribution in [3.05, 3.63) is 108 Å². The Morgan fingerprint density at radius 1 is 0.577 bits per heavy atom. The second-order valence-corrected chi connectivity index (χ2v) is 12.6. The molecule has 280 valence electrons. The molecule has 13 heteroatoms. The van der Waals surface area contributed by atoms with E-state index in [4.69, 9.17) is 42.6 Å². The maximum Gasteiger partial charge on any atom is 0.303 e. The van der Waals surface area contributed by atoms with Gasteiger partial charge in [0, 0.05) is 20.8 Å². The Kier molecular flexibility index (Phi) is 14.3. The Morgan fingerprint density at radius 2 is 1.04 bits per heavy atom. The lowest BCUT2D eigenvalue weighted by Gasteiger charge is -2.48. The molecule has 1 N–H and O–H groups in total. The van der Waals surface area contributed by atoms with Gasteiger partial charge in [-0.15, -0.1) is 0 Å². The minimum atomic E-state index is -1.75. The van der Waals surface area contributed by atoms with Gasteiger partial charge in [0.05, 0.1) is 25.9 Å². The number of carbonyl (C=O) groups excluding carboxylic acids is 3. The van der Waals surface area contributed by atoms with Crippen LogP contribution in [0.5, 0.6) is 0 Å². The van der Waals surface area contributed by atoms with Crippen molar-refractivity contribution in [3.63, 3.8) is 0 Å². The third kappa shape index (κ3) is 10.9. The average molecular weight is 723 g/mol. The van der Waals surface area contributed by atoms with Gasteiger partial charge in [0.1, 0.15) is 31.0 Å². The van der Waals surface area contributed by atoms with E-state index in [0.29, 0.717) is 0 Å². The smallest absolute Gasteiger partial charge is 0.303 e. The molecule has 3 aromatic rings. The fourth-order valence-electron chi connectivity index (χ4n) is 6.17. The molecule has 0 amide bonds. The maximum absolute atomic E-state index is 12.4. The second-order valence-electron chi connectivity index (χ2n) is 12.6. The van der Waals surface area contributed by atoms with Crippen LogP contribution in [0.3, 0.4) is 0 Å². The van der Waals surface area contributed by atoms with Crippen LogP contribution in [-0.2, 0) is 76.8 Å². The van der Waals surface area contributed by atoms with E-state index in [0.717, 1.165) is 30.5 Å². The fraction of sp³-hybridized carbons (Fsp3) is 0.462. The summed E-state index contributed by atoms with van der Waals surface area (Å²) in [6.45, 7) is 5.54. The van der Waals surface area contributed by atoms with Crippen LogP contribution in [-0.4, -0.2) is 91.0 Å².